The van der Waals surface area contributed by atoms with Gasteiger partial charge in [-0.1, -0.05) is 13.8 Å². The first-order chi connectivity index (χ1) is 9.17. The number of nitrogens with one attached hydrogen (secondary N) is 1. The van der Waals surface area contributed by atoms with Crippen LogP contribution in [0.1, 0.15) is 55.3 Å². The lowest BCUT2D eigenvalue weighted by molar-refractivity contribution is 0.0630. The molecule has 0 aromatic carbocycles. The fourth-order valence-corrected chi connectivity index (χ4v) is 4.61. The molecule has 1 saturated heterocycles. The largest absolute Gasteiger partial charge is 0.296 e. The Morgan fingerprint density at radius 1 is 1.32 bits per heavy atom. The summed E-state index contributed by atoms with van der Waals surface area (Å²) < 4.78 is 0. The molecule has 0 radical (unpaired) electrons. The van der Waals surface area contributed by atoms with Crippen molar-refractivity contribution in [1.29, 1.82) is 0 Å². The van der Waals surface area contributed by atoms with Gasteiger partial charge in [-0.3, -0.25) is 16.2 Å². The van der Waals surface area contributed by atoms with Gasteiger partial charge in [-0.25, -0.2) is 0 Å². The molecule has 2 rings (SSSR count). The van der Waals surface area contributed by atoms with Gasteiger partial charge in [-0.15, -0.1) is 11.3 Å². The Morgan fingerprint density at radius 2 is 1.95 bits per heavy atom. The van der Waals surface area contributed by atoms with Crippen molar-refractivity contribution in [2.24, 2.45) is 5.84 Å². The van der Waals surface area contributed by atoms with Crippen molar-refractivity contribution in [3.8, 4) is 0 Å². The minimum absolute atomic E-state index is 0.155. The molecule has 3 N–H and O–H groups in total. The maximum Gasteiger partial charge on any atom is 0.0736 e. The highest BCUT2D eigenvalue weighted by molar-refractivity contribution is 7.12. The molecule has 1 unspecified atom stereocenters. The molecular formula is C15H27N3S. The van der Waals surface area contributed by atoms with E-state index < -0.39 is 0 Å². The normalized spacial score (nSPS) is 18.9. The van der Waals surface area contributed by atoms with Gasteiger partial charge in [0.1, 0.15) is 0 Å². The first-order valence-corrected chi connectivity index (χ1v) is 8.27. The van der Waals surface area contributed by atoms with E-state index in [4.69, 9.17) is 5.84 Å². The summed E-state index contributed by atoms with van der Waals surface area (Å²) in [6.07, 6.45) is 4.91. The van der Waals surface area contributed by atoms with Crippen molar-refractivity contribution in [2.45, 2.75) is 58.0 Å². The Bertz CT molecular complexity index is 392. The lowest BCUT2D eigenvalue weighted by Gasteiger charge is -2.46. The van der Waals surface area contributed by atoms with Gasteiger partial charge in [-0.2, -0.15) is 0 Å². The summed E-state index contributed by atoms with van der Waals surface area (Å²) in [5.74, 6) is 5.95. The second-order valence-electron chi connectivity index (χ2n) is 5.55. The van der Waals surface area contributed by atoms with Gasteiger partial charge in [0.25, 0.3) is 0 Å². The molecule has 0 amide bonds. The standard InChI is InChI=1S/C15H27N3S/c1-4-15(5-2,18-10-6-7-11-18)14(17-16)13-9-8-12(3)19-13/h8-9,14,17H,4-7,10-11,16H2,1-3H3. The van der Waals surface area contributed by atoms with Crippen molar-refractivity contribution in [2.75, 3.05) is 13.1 Å². The molecule has 19 heavy (non-hydrogen) atoms. The SMILES string of the molecule is CCC(CC)(C(NN)c1ccc(C)s1)N1CCCC1. The molecule has 1 aliphatic heterocycles. The molecule has 4 heteroatoms. The van der Waals surface area contributed by atoms with Crippen LogP contribution in [0.4, 0.5) is 0 Å². The van der Waals surface area contributed by atoms with Crippen LogP contribution in [0.3, 0.4) is 0 Å². The third kappa shape index (κ3) is 2.72. The Kier molecular flexibility index (Phi) is 5.01. The Hall–Kier alpha value is -0.420. The second kappa shape index (κ2) is 6.35. The molecule has 108 valence electrons. The summed E-state index contributed by atoms with van der Waals surface area (Å²) in [5, 5.41) is 0. The topological polar surface area (TPSA) is 41.3 Å². The molecule has 0 bridgehead atoms. The van der Waals surface area contributed by atoms with Crippen LogP contribution < -0.4 is 11.3 Å². The van der Waals surface area contributed by atoms with E-state index in [-0.39, 0.29) is 11.6 Å². The average molecular weight is 281 g/mol. The van der Waals surface area contributed by atoms with Crippen LogP contribution in [0, 0.1) is 6.92 Å². The van der Waals surface area contributed by atoms with Crippen LogP contribution in [-0.2, 0) is 0 Å². The van der Waals surface area contributed by atoms with Gasteiger partial charge in [0.05, 0.1) is 6.04 Å². The van der Waals surface area contributed by atoms with Crippen molar-refractivity contribution in [3.05, 3.63) is 21.9 Å². The quantitative estimate of drug-likeness (QED) is 0.621. The monoisotopic (exact) mass is 281 g/mol. The predicted octanol–water partition coefficient (Wildman–Crippen LogP) is 3.22. The summed E-state index contributed by atoms with van der Waals surface area (Å²) in [7, 11) is 0. The molecule has 1 atom stereocenters. The smallest absolute Gasteiger partial charge is 0.0736 e. The van der Waals surface area contributed by atoms with Gasteiger partial charge >= 0.3 is 0 Å². The van der Waals surface area contributed by atoms with E-state index in [9.17, 15) is 0 Å². The number of hydrazine groups is 1. The molecule has 0 spiro atoms. The number of hydrogen-bond acceptors (Lipinski definition) is 4. The third-order valence-corrected chi connectivity index (χ3v) is 5.78. The van der Waals surface area contributed by atoms with Crippen LogP contribution in [0.2, 0.25) is 0 Å². The molecule has 0 saturated carbocycles. The van der Waals surface area contributed by atoms with Crippen LogP contribution >= 0.6 is 11.3 Å². The van der Waals surface area contributed by atoms with Gasteiger partial charge < -0.3 is 0 Å². The third-order valence-electron chi connectivity index (χ3n) is 4.71. The van der Waals surface area contributed by atoms with Crippen molar-refractivity contribution >= 4 is 11.3 Å². The molecule has 0 aliphatic carbocycles. The lowest BCUT2D eigenvalue weighted by atomic mass is 9.82. The van der Waals surface area contributed by atoms with E-state index in [1.54, 1.807) is 0 Å². The first kappa shape index (κ1) is 15.0. The Morgan fingerprint density at radius 3 is 2.37 bits per heavy atom. The zero-order chi connectivity index (χ0) is 13.9. The van der Waals surface area contributed by atoms with Crippen molar-refractivity contribution in [1.82, 2.24) is 10.3 Å². The maximum atomic E-state index is 5.95. The summed E-state index contributed by atoms with van der Waals surface area (Å²) >= 11 is 1.87. The highest BCUT2D eigenvalue weighted by Gasteiger charge is 2.42. The molecule has 1 aromatic rings. The van der Waals surface area contributed by atoms with Gasteiger partial charge in [0.15, 0.2) is 0 Å². The molecule has 2 heterocycles. The predicted molar refractivity (Wildman–Crippen MR) is 83.2 cm³/mol. The van der Waals surface area contributed by atoms with E-state index in [0.717, 1.165) is 12.8 Å². The molecule has 1 fully saturated rings. The Labute approximate surface area is 121 Å². The van der Waals surface area contributed by atoms with Crippen molar-refractivity contribution in [3.63, 3.8) is 0 Å². The number of hydrogen-bond donors (Lipinski definition) is 2. The molecular weight excluding hydrogens is 254 g/mol. The van der Waals surface area contributed by atoms with E-state index in [2.05, 4.69) is 43.2 Å². The highest BCUT2D eigenvalue weighted by Crippen LogP contribution is 2.40. The van der Waals surface area contributed by atoms with Crippen LogP contribution in [-0.4, -0.2) is 23.5 Å². The fourth-order valence-electron chi connectivity index (χ4n) is 3.56. The zero-order valence-electron chi connectivity index (χ0n) is 12.4. The number of rotatable bonds is 6. The van der Waals surface area contributed by atoms with Crippen LogP contribution in [0.5, 0.6) is 0 Å². The van der Waals surface area contributed by atoms with Crippen molar-refractivity contribution < 1.29 is 0 Å². The van der Waals surface area contributed by atoms with Gasteiger partial charge in [0.2, 0.25) is 0 Å². The molecule has 1 aromatic heterocycles. The van der Waals surface area contributed by atoms with Gasteiger partial charge in [-0.05, 0) is 57.8 Å². The summed E-state index contributed by atoms with van der Waals surface area (Å²) in [6, 6.07) is 4.67. The summed E-state index contributed by atoms with van der Waals surface area (Å²) in [5.41, 5.74) is 3.28. The number of nitrogens with zero attached hydrogens (tertiary/aromatic N) is 1. The van der Waals surface area contributed by atoms with Crippen LogP contribution in [0.15, 0.2) is 12.1 Å². The minimum atomic E-state index is 0.155. The van der Waals surface area contributed by atoms with E-state index in [1.807, 2.05) is 11.3 Å². The number of thiophene rings is 1. The highest BCUT2D eigenvalue weighted by atomic mass is 32.1. The minimum Gasteiger partial charge on any atom is -0.296 e. The fraction of sp³-hybridized carbons (Fsp3) is 0.733. The average Bonchev–Trinajstić information content (AvgIpc) is 3.07. The zero-order valence-corrected chi connectivity index (χ0v) is 13.2. The number of nitrogens with two attached hydrogens (primary N) is 1. The van der Waals surface area contributed by atoms with E-state index in [1.165, 1.54) is 35.7 Å². The molecule has 1 aliphatic rings. The molecule has 3 nitrogen and oxygen atoms in total. The van der Waals surface area contributed by atoms with E-state index in [0.29, 0.717) is 0 Å². The number of likely N-dealkylation sites (tertiary alicyclic amines) is 1. The first-order valence-electron chi connectivity index (χ1n) is 7.45. The summed E-state index contributed by atoms with van der Waals surface area (Å²) in [6.45, 7) is 9.19. The second-order valence-corrected chi connectivity index (χ2v) is 6.87. The Balaban J connectivity index is 2.34. The van der Waals surface area contributed by atoms with E-state index >= 15 is 0 Å². The summed E-state index contributed by atoms with van der Waals surface area (Å²) in [4.78, 5) is 5.39. The maximum absolute atomic E-state index is 5.95. The lowest BCUT2D eigenvalue weighted by Crippen LogP contribution is -2.56. The van der Waals surface area contributed by atoms with Crippen LogP contribution in [0.25, 0.3) is 0 Å². The number of aryl methyl sites for hydroxylation is 1. The van der Waals surface area contributed by atoms with Gasteiger partial charge in [0, 0.05) is 15.3 Å².